The van der Waals surface area contributed by atoms with E-state index in [1.807, 2.05) is 23.1 Å². The fourth-order valence-corrected chi connectivity index (χ4v) is 6.84. The predicted molar refractivity (Wildman–Crippen MR) is 127 cm³/mol. The Labute approximate surface area is 192 Å². The molecule has 4 aliphatic rings. The molecule has 3 aliphatic carbocycles. The van der Waals surface area contributed by atoms with Crippen LogP contribution in [0.2, 0.25) is 0 Å². The van der Waals surface area contributed by atoms with Gasteiger partial charge in [0.2, 0.25) is 5.91 Å². The number of aliphatic hydroxyl groups is 1. The van der Waals surface area contributed by atoms with Crippen molar-refractivity contribution in [2.75, 3.05) is 13.1 Å². The minimum absolute atomic E-state index is 0.228. The summed E-state index contributed by atoms with van der Waals surface area (Å²) in [6.07, 6.45) is 17.6. The van der Waals surface area contributed by atoms with Gasteiger partial charge in [0.05, 0.1) is 0 Å². The summed E-state index contributed by atoms with van der Waals surface area (Å²) in [6, 6.07) is 4.25. The van der Waals surface area contributed by atoms with E-state index in [4.69, 9.17) is 0 Å². The second-order valence-electron chi connectivity index (χ2n) is 10.4. The molecule has 4 atom stereocenters. The molecule has 4 heteroatoms. The average Bonchev–Trinajstić information content (AvgIpc) is 2.83. The number of aryl methyl sites for hydroxylation is 1. The van der Waals surface area contributed by atoms with Gasteiger partial charge in [0.1, 0.15) is 11.5 Å². The number of likely N-dealkylation sites (tertiary alicyclic amines) is 1. The van der Waals surface area contributed by atoms with Gasteiger partial charge in [-0.2, -0.15) is 0 Å². The zero-order valence-corrected chi connectivity index (χ0v) is 19.1. The molecular formula is C28H37NO3. The molecular weight excluding hydrogens is 398 g/mol. The maximum atomic E-state index is 12.7. The molecule has 2 N–H and O–H groups in total. The number of hydrogen-bond acceptors (Lipinski definition) is 3. The first-order chi connectivity index (χ1) is 15.6. The van der Waals surface area contributed by atoms with Crippen molar-refractivity contribution < 1.29 is 15.0 Å². The van der Waals surface area contributed by atoms with Crippen LogP contribution in [0.4, 0.5) is 0 Å². The Hall–Kier alpha value is -2.23. The summed E-state index contributed by atoms with van der Waals surface area (Å²) in [7, 11) is 0. The summed E-state index contributed by atoms with van der Waals surface area (Å²) < 4.78 is 0. The third-order valence-corrected chi connectivity index (χ3v) is 8.55. The lowest BCUT2D eigenvalue weighted by molar-refractivity contribution is -0.132. The Morgan fingerprint density at radius 2 is 1.81 bits per heavy atom. The number of aliphatic hydroxyl groups excluding tert-OH is 1. The van der Waals surface area contributed by atoms with Crippen LogP contribution in [0.15, 0.2) is 36.1 Å². The number of aromatic hydroxyl groups is 1. The van der Waals surface area contributed by atoms with Crippen LogP contribution in [-0.2, 0) is 17.6 Å². The van der Waals surface area contributed by atoms with E-state index in [-0.39, 0.29) is 5.91 Å². The molecule has 1 saturated heterocycles. The molecule has 1 aromatic rings. The SMILES string of the molecule is O=C(CCc1cc2c(cc1O)[C@@H]1CCCC[C@@H]1[C@H](C1C=CC(O)=CC1)C2)N1CCCCC1. The topological polar surface area (TPSA) is 60.8 Å². The lowest BCUT2D eigenvalue weighted by atomic mass is 9.59. The first-order valence-electron chi connectivity index (χ1n) is 12.8. The van der Waals surface area contributed by atoms with E-state index in [0.717, 1.165) is 44.3 Å². The number of nitrogens with zero attached hydrogens (tertiary/aromatic N) is 1. The van der Waals surface area contributed by atoms with Gasteiger partial charge in [-0.25, -0.2) is 0 Å². The summed E-state index contributed by atoms with van der Waals surface area (Å²) in [4.78, 5) is 14.7. The van der Waals surface area contributed by atoms with Crippen molar-refractivity contribution in [3.63, 3.8) is 0 Å². The summed E-state index contributed by atoms with van der Waals surface area (Å²) in [5, 5.41) is 20.6. The van der Waals surface area contributed by atoms with E-state index in [1.165, 1.54) is 43.2 Å². The number of rotatable bonds is 4. The third kappa shape index (κ3) is 4.33. The number of carbonyl (C=O) groups is 1. The zero-order chi connectivity index (χ0) is 22.1. The first-order valence-corrected chi connectivity index (χ1v) is 12.8. The molecule has 0 aromatic heterocycles. The Balaban J connectivity index is 1.36. The van der Waals surface area contributed by atoms with Gasteiger partial charge in [-0.15, -0.1) is 0 Å². The third-order valence-electron chi connectivity index (χ3n) is 8.55. The Bertz CT molecular complexity index is 911. The number of hydrogen-bond donors (Lipinski definition) is 2. The maximum absolute atomic E-state index is 12.7. The van der Waals surface area contributed by atoms with Crippen LogP contribution in [0.25, 0.3) is 0 Å². The molecule has 1 unspecified atom stereocenters. The highest BCUT2D eigenvalue weighted by Crippen LogP contribution is 2.52. The van der Waals surface area contributed by atoms with Gasteiger partial charge in [-0.1, -0.05) is 25.0 Å². The highest BCUT2D eigenvalue weighted by molar-refractivity contribution is 5.76. The molecule has 0 radical (unpaired) electrons. The Morgan fingerprint density at radius 3 is 2.59 bits per heavy atom. The minimum atomic E-state index is 0.228. The van der Waals surface area contributed by atoms with Crippen molar-refractivity contribution in [1.29, 1.82) is 0 Å². The molecule has 4 nitrogen and oxygen atoms in total. The number of fused-ring (bicyclic) bond motifs is 3. The molecule has 1 aromatic carbocycles. The van der Waals surface area contributed by atoms with E-state index < -0.39 is 0 Å². The second kappa shape index (κ2) is 9.33. The summed E-state index contributed by atoms with van der Waals surface area (Å²) in [5.74, 6) is 3.24. The van der Waals surface area contributed by atoms with Crippen LogP contribution in [0, 0.1) is 17.8 Å². The quantitative estimate of drug-likeness (QED) is 0.628. The molecule has 5 rings (SSSR count). The monoisotopic (exact) mass is 435 g/mol. The highest BCUT2D eigenvalue weighted by atomic mass is 16.3. The fourth-order valence-electron chi connectivity index (χ4n) is 6.84. The van der Waals surface area contributed by atoms with E-state index in [1.54, 1.807) is 0 Å². The van der Waals surface area contributed by atoms with Crippen LogP contribution in [-0.4, -0.2) is 34.1 Å². The number of allylic oxidation sites excluding steroid dienone is 3. The average molecular weight is 436 g/mol. The Kier molecular flexibility index (Phi) is 6.30. The number of carbonyl (C=O) groups excluding carboxylic acids is 1. The minimum Gasteiger partial charge on any atom is -0.508 e. The van der Waals surface area contributed by atoms with Gasteiger partial charge in [-0.05, 0) is 110 Å². The maximum Gasteiger partial charge on any atom is 0.222 e. The van der Waals surface area contributed by atoms with E-state index in [2.05, 4.69) is 12.1 Å². The van der Waals surface area contributed by atoms with Crippen LogP contribution >= 0.6 is 0 Å². The summed E-state index contributed by atoms with van der Waals surface area (Å²) in [6.45, 7) is 1.78. The van der Waals surface area contributed by atoms with Crippen molar-refractivity contribution >= 4 is 5.91 Å². The van der Waals surface area contributed by atoms with Gasteiger partial charge in [0.25, 0.3) is 0 Å². The van der Waals surface area contributed by atoms with Gasteiger partial charge in [0, 0.05) is 19.5 Å². The molecule has 1 aliphatic heterocycles. The molecule has 0 bridgehead atoms. The van der Waals surface area contributed by atoms with Crippen molar-refractivity contribution in [2.45, 2.75) is 76.5 Å². The van der Waals surface area contributed by atoms with Crippen molar-refractivity contribution in [3.05, 3.63) is 52.8 Å². The standard InChI is InChI=1S/C28H37NO3/c30-22-11-8-19(9-12-22)25-17-21-16-20(10-13-28(32)29-14-4-1-5-15-29)27(31)18-26(21)24-7-3-2-6-23(24)25/h8,11-12,16,18-19,23-25,30-31H,1-7,9-10,13-15,17H2/t19?,23-,24+,25-/m0/s1. The highest BCUT2D eigenvalue weighted by Gasteiger charge is 2.41. The largest absolute Gasteiger partial charge is 0.508 e. The van der Waals surface area contributed by atoms with Gasteiger partial charge >= 0.3 is 0 Å². The molecule has 32 heavy (non-hydrogen) atoms. The Morgan fingerprint density at radius 1 is 1.00 bits per heavy atom. The van der Waals surface area contributed by atoms with E-state index in [9.17, 15) is 15.0 Å². The van der Waals surface area contributed by atoms with Crippen LogP contribution < -0.4 is 0 Å². The van der Waals surface area contributed by atoms with Crippen LogP contribution in [0.5, 0.6) is 5.75 Å². The molecule has 1 heterocycles. The second-order valence-corrected chi connectivity index (χ2v) is 10.4. The molecule has 1 saturated carbocycles. The number of phenols is 1. The van der Waals surface area contributed by atoms with Gasteiger partial charge in [0.15, 0.2) is 0 Å². The van der Waals surface area contributed by atoms with Crippen molar-refractivity contribution in [3.8, 4) is 5.75 Å². The van der Waals surface area contributed by atoms with Gasteiger partial charge < -0.3 is 15.1 Å². The normalized spacial score (nSPS) is 29.8. The lowest BCUT2D eigenvalue weighted by Crippen LogP contribution is -2.36. The number of phenolic OH excluding ortho intramolecular Hbond substituents is 1. The van der Waals surface area contributed by atoms with Crippen LogP contribution in [0.1, 0.15) is 80.4 Å². The summed E-state index contributed by atoms with van der Waals surface area (Å²) >= 11 is 0. The first kappa shape index (κ1) is 21.6. The molecule has 2 fully saturated rings. The number of piperidine rings is 1. The van der Waals surface area contributed by atoms with Crippen LogP contribution in [0.3, 0.4) is 0 Å². The lowest BCUT2D eigenvalue weighted by Gasteiger charge is -2.45. The zero-order valence-electron chi connectivity index (χ0n) is 19.1. The van der Waals surface area contributed by atoms with Crippen molar-refractivity contribution in [2.24, 2.45) is 17.8 Å². The summed E-state index contributed by atoms with van der Waals surface area (Å²) in [5.41, 5.74) is 3.66. The van der Waals surface area contributed by atoms with Gasteiger partial charge in [-0.3, -0.25) is 4.79 Å². The predicted octanol–water partition coefficient (Wildman–Crippen LogP) is 5.80. The number of amides is 1. The smallest absolute Gasteiger partial charge is 0.222 e. The van der Waals surface area contributed by atoms with E-state index in [0.29, 0.717) is 48.0 Å². The van der Waals surface area contributed by atoms with E-state index >= 15 is 0 Å². The molecule has 172 valence electrons. The number of benzene rings is 1. The fraction of sp³-hybridized carbons (Fsp3) is 0.607. The molecule has 0 spiro atoms. The van der Waals surface area contributed by atoms with Crippen molar-refractivity contribution in [1.82, 2.24) is 4.90 Å². The molecule has 1 amide bonds.